The van der Waals surface area contributed by atoms with E-state index in [1.54, 1.807) is 25.1 Å². The third-order valence-electron chi connectivity index (χ3n) is 5.11. The summed E-state index contributed by atoms with van der Waals surface area (Å²) in [5.41, 5.74) is 0.800. The number of carbonyl (C=O) groups excluding carboxylic acids is 4. The van der Waals surface area contributed by atoms with Gasteiger partial charge in [0.05, 0.1) is 31.8 Å². The molecule has 0 heterocycles. The zero-order chi connectivity index (χ0) is 28.2. The molecule has 3 atom stereocenters. The van der Waals surface area contributed by atoms with Crippen molar-refractivity contribution in [2.75, 3.05) is 33.0 Å². The van der Waals surface area contributed by atoms with Crippen LogP contribution in [0.25, 0.3) is 0 Å². The molecule has 4 N–H and O–H groups in total. The summed E-state index contributed by atoms with van der Waals surface area (Å²) in [6, 6.07) is 7.54. The zero-order valence-electron chi connectivity index (χ0n) is 21.9. The number of alkyl carbamates (subject to hydrolysis) is 1. The number of nitrogens with one attached hydrogen (secondary N) is 3. The van der Waals surface area contributed by atoms with Crippen molar-refractivity contribution in [1.29, 1.82) is 0 Å². The van der Waals surface area contributed by atoms with E-state index in [1.165, 1.54) is 6.08 Å². The number of aliphatic hydroxyl groups excluding tert-OH is 1. The highest BCUT2D eigenvalue weighted by Crippen LogP contribution is 2.10. The Morgan fingerprint density at radius 3 is 2.37 bits per heavy atom. The van der Waals surface area contributed by atoms with Crippen molar-refractivity contribution in [3.05, 3.63) is 61.2 Å². The summed E-state index contributed by atoms with van der Waals surface area (Å²) in [5.74, 6) is -2.06. The fraction of sp³-hybridized carbons (Fsp3) is 0.481. The number of hydrogen-bond donors (Lipinski definition) is 4. The minimum atomic E-state index is -1.00. The molecule has 0 aromatic heterocycles. The van der Waals surface area contributed by atoms with E-state index in [4.69, 9.17) is 19.3 Å². The lowest BCUT2D eigenvalue weighted by atomic mass is 9.99. The Balaban J connectivity index is 2.49. The molecule has 1 rings (SSSR count). The molecule has 0 radical (unpaired) electrons. The molecule has 210 valence electrons. The highest BCUT2D eigenvalue weighted by atomic mass is 16.6. The van der Waals surface area contributed by atoms with Crippen LogP contribution < -0.4 is 16.0 Å². The molecule has 0 saturated heterocycles. The van der Waals surface area contributed by atoms with Crippen LogP contribution in [0.15, 0.2) is 55.6 Å². The largest absolute Gasteiger partial charge is 0.462 e. The smallest absolute Gasteiger partial charge is 0.408 e. The van der Waals surface area contributed by atoms with E-state index in [1.807, 2.05) is 18.2 Å². The quantitative estimate of drug-likeness (QED) is 0.119. The van der Waals surface area contributed by atoms with Crippen molar-refractivity contribution in [2.45, 2.75) is 44.9 Å². The van der Waals surface area contributed by atoms with Crippen molar-refractivity contribution >= 4 is 23.9 Å². The first-order valence-electron chi connectivity index (χ1n) is 12.4. The Kier molecular flexibility index (Phi) is 16.5. The van der Waals surface area contributed by atoms with E-state index in [0.717, 1.165) is 5.56 Å². The Hall–Kier alpha value is -3.70. The summed E-state index contributed by atoms with van der Waals surface area (Å²) in [5, 5.41) is 16.5. The molecule has 0 aliphatic heterocycles. The number of rotatable bonds is 19. The highest BCUT2D eigenvalue weighted by Gasteiger charge is 2.25. The van der Waals surface area contributed by atoms with Gasteiger partial charge in [-0.1, -0.05) is 42.5 Å². The van der Waals surface area contributed by atoms with Crippen LogP contribution in [0, 0.1) is 5.92 Å². The lowest BCUT2D eigenvalue weighted by Crippen LogP contribution is -2.45. The van der Waals surface area contributed by atoms with Crippen molar-refractivity contribution in [1.82, 2.24) is 16.0 Å². The van der Waals surface area contributed by atoms with Crippen LogP contribution in [-0.2, 0) is 35.2 Å². The Morgan fingerprint density at radius 2 is 1.71 bits per heavy atom. The molecule has 38 heavy (non-hydrogen) atoms. The Labute approximate surface area is 223 Å². The van der Waals surface area contributed by atoms with Crippen LogP contribution >= 0.6 is 0 Å². The van der Waals surface area contributed by atoms with Crippen molar-refractivity contribution < 1.29 is 38.5 Å². The highest BCUT2D eigenvalue weighted by molar-refractivity contribution is 5.86. The lowest BCUT2D eigenvalue weighted by Gasteiger charge is -2.21. The maximum Gasteiger partial charge on any atom is 0.408 e. The number of allylic oxidation sites excluding steroid dienone is 1. The molecule has 11 heteroatoms. The van der Waals surface area contributed by atoms with E-state index < -0.39 is 30.1 Å². The van der Waals surface area contributed by atoms with Crippen LogP contribution in [-0.4, -0.2) is 74.0 Å². The molecule has 3 amide bonds. The van der Waals surface area contributed by atoms with Crippen LogP contribution in [0.1, 0.15) is 31.7 Å². The van der Waals surface area contributed by atoms with Crippen LogP contribution in [0.2, 0.25) is 0 Å². The van der Waals surface area contributed by atoms with Crippen molar-refractivity contribution in [3.63, 3.8) is 0 Å². The van der Waals surface area contributed by atoms with Gasteiger partial charge in [0.25, 0.3) is 0 Å². The average molecular weight is 534 g/mol. The van der Waals surface area contributed by atoms with Crippen LogP contribution in [0.3, 0.4) is 0 Å². The van der Waals surface area contributed by atoms with E-state index >= 15 is 0 Å². The number of carbonyl (C=O) groups is 4. The second-order valence-electron chi connectivity index (χ2n) is 8.43. The predicted octanol–water partition coefficient (Wildman–Crippen LogP) is 1.61. The predicted molar refractivity (Wildman–Crippen MR) is 141 cm³/mol. The first kappa shape index (κ1) is 32.3. The van der Waals surface area contributed by atoms with E-state index in [9.17, 15) is 19.2 Å². The first-order valence-corrected chi connectivity index (χ1v) is 12.4. The lowest BCUT2D eigenvalue weighted by molar-refractivity contribution is -0.147. The van der Waals surface area contributed by atoms with Gasteiger partial charge in [0.2, 0.25) is 11.8 Å². The van der Waals surface area contributed by atoms with Gasteiger partial charge in [-0.3, -0.25) is 9.59 Å². The van der Waals surface area contributed by atoms with Gasteiger partial charge in [-0.15, -0.1) is 13.2 Å². The second-order valence-corrected chi connectivity index (χ2v) is 8.43. The first-order chi connectivity index (χ1) is 18.3. The standard InChI is InChI=1S/C27H39N3O8/c1-4-9-22(17-24(32)28-13-15-36-16-14-31)25(33)29-20(3)18-37-26(34)23(10-5-2)30-27(35)38-19-21-11-7-6-8-12-21/h4-8,11-12,20,22-23,31H,1-2,9-10,13-19H2,3H3,(H,28,32)(H,29,33)(H,30,35). The van der Waals surface area contributed by atoms with Gasteiger partial charge in [-0.25, -0.2) is 9.59 Å². The maximum absolute atomic E-state index is 12.7. The Bertz CT molecular complexity index is 894. The molecule has 1 aromatic rings. The number of amides is 3. The van der Waals surface area contributed by atoms with Gasteiger partial charge < -0.3 is 35.3 Å². The van der Waals surface area contributed by atoms with Gasteiger partial charge in [-0.05, 0) is 25.3 Å². The number of esters is 1. The van der Waals surface area contributed by atoms with Crippen molar-refractivity contribution in [3.8, 4) is 0 Å². The Morgan fingerprint density at radius 1 is 1.00 bits per heavy atom. The van der Waals surface area contributed by atoms with Gasteiger partial charge in [0.1, 0.15) is 19.3 Å². The summed E-state index contributed by atoms with van der Waals surface area (Å²) < 4.78 is 15.5. The fourth-order valence-corrected chi connectivity index (χ4v) is 3.21. The minimum Gasteiger partial charge on any atom is -0.462 e. The number of benzene rings is 1. The second kappa shape index (κ2) is 19.4. The monoisotopic (exact) mass is 533 g/mol. The molecule has 1 aromatic carbocycles. The maximum atomic E-state index is 12.7. The van der Waals surface area contributed by atoms with Gasteiger partial charge in [-0.2, -0.15) is 0 Å². The summed E-state index contributed by atoms with van der Waals surface area (Å²) >= 11 is 0. The zero-order valence-corrected chi connectivity index (χ0v) is 21.9. The average Bonchev–Trinajstić information content (AvgIpc) is 2.90. The molecule has 0 fully saturated rings. The van der Waals surface area contributed by atoms with Crippen molar-refractivity contribution in [2.24, 2.45) is 5.92 Å². The van der Waals surface area contributed by atoms with E-state index in [0.29, 0.717) is 0 Å². The topological polar surface area (TPSA) is 152 Å². The molecule has 0 saturated carbocycles. The number of hydrogen-bond acceptors (Lipinski definition) is 8. The van der Waals surface area contributed by atoms with Crippen LogP contribution in [0.5, 0.6) is 0 Å². The summed E-state index contributed by atoms with van der Waals surface area (Å²) in [6.07, 6.45) is 2.60. The number of ether oxygens (including phenoxy) is 3. The van der Waals surface area contributed by atoms with Crippen LogP contribution in [0.4, 0.5) is 4.79 Å². The van der Waals surface area contributed by atoms with Gasteiger partial charge in [0, 0.05) is 13.0 Å². The third kappa shape index (κ3) is 14.1. The number of aliphatic hydroxyl groups is 1. The molecule has 0 bridgehead atoms. The SMILES string of the molecule is C=CCC(CC(=O)NCCOCCO)C(=O)NC(C)COC(=O)C(CC=C)NC(=O)OCc1ccccc1. The molecule has 0 aliphatic rings. The van der Waals surface area contributed by atoms with Gasteiger partial charge >= 0.3 is 12.1 Å². The normalized spacial score (nSPS) is 12.8. The molecule has 3 unspecified atom stereocenters. The summed E-state index contributed by atoms with van der Waals surface area (Å²) in [4.78, 5) is 49.5. The molecule has 0 aliphatic carbocycles. The molecular formula is C27H39N3O8. The third-order valence-corrected chi connectivity index (χ3v) is 5.11. The molecular weight excluding hydrogens is 494 g/mol. The summed E-state index contributed by atoms with van der Waals surface area (Å²) in [6.45, 7) is 9.38. The molecule has 0 spiro atoms. The minimum absolute atomic E-state index is 0.0486. The van der Waals surface area contributed by atoms with E-state index in [-0.39, 0.29) is 70.7 Å². The summed E-state index contributed by atoms with van der Waals surface area (Å²) in [7, 11) is 0. The fourth-order valence-electron chi connectivity index (χ4n) is 3.21. The van der Waals surface area contributed by atoms with Gasteiger partial charge in [0.15, 0.2) is 0 Å². The van der Waals surface area contributed by atoms with E-state index in [2.05, 4.69) is 29.1 Å². The molecule has 11 nitrogen and oxygen atoms in total.